The van der Waals surface area contributed by atoms with E-state index in [2.05, 4.69) is 68.6 Å². The highest BCUT2D eigenvalue weighted by molar-refractivity contribution is 5.96. The van der Waals surface area contributed by atoms with Crippen LogP contribution in [0.25, 0.3) is 0 Å². The lowest BCUT2D eigenvalue weighted by Crippen LogP contribution is -2.28. The summed E-state index contributed by atoms with van der Waals surface area (Å²) in [7, 11) is 1.71. The Morgan fingerprint density at radius 1 is 0.903 bits per heavy atom. The lowest BCUT2D eigenvalue weighted by atomic mass is 9.93. The molecule has 3 heteroatoms. The molecule has 3 aromatic carbocycles. The van der Waals surface area contributed by atoms with Gasteiger partial charge in [0.05, 0.1) is 13.2 Å². The van der Waals surface area contributed by atoms with Gasteiger partial charge in [0.2, 0.25) is 0 Å². The average Bonchev–Trinajstić information content (AvgIpc) is 2.77. The molecule has 1 N–H and O–H groups in total. The summed E-state index contributed by atoms with van der Waals surface area (Å²) in [4.78, 5) is 13.2. The Morgan fingerprint density at radius 3 is 2.26 bits per heavy atom. The topological polar surface area (TPSA) is 38.3 Å². The van der Waals surface area contributed by atoms with Crippen LogP contribution in [0.3, 0.4) is 0 Å². The van der Waals surface area contributed by atoms with Crippen LogP contribution in [0.2, 0.25) is 0 Å². The molecule has 0 aliphatic heterocycles. The molecule has 31 heavy (non-hydrogen) atoms. The van der Waals surface area contributed by atoms with Crippen molar-refractivity contribution in [2.24, 2.45) is 0 Å². The van der Waals surface area contributed by atoms with Crippen molar-refractivity contribution in [2.45, 2.75) is 52.5 Å². The summed E-state index contributed by atoms with van der Waals surface area (Å²) in [5, 5.41) is 3.22. The molecule has 0 unspecified atom stereocenters. The number of amides is 1. The molecule has 3 rings (SSSR count). The molecule has 1 atom stereocenters. The molecule has 0 saturated heterocycles. The van der Waals surface area contributed by atoms with Crippen molar-refractivity contribution in [2.75, 3.05) is 7.11 Å². The van der Waals surface area contributed by atoms with Crippen molar-refractivity contribution in [1.29, 1.82) is 0 Å². The van der Waals surface area contributed by atoms with Gasteiger partial charge in [-0.25, -0.2) is 0 Å². The minimum Gasteiger partial charge on any atom is -0.496 e. The number of rotatable bonds is 8. The normalized spacial score (nSPS) is 11.9. The highest BCUT2D eigenvalue weighted by atomic mass is 16.5. The summed E-state index contributed by atoms with van der Waals surface area (Å²) in [5.74, 6) is 1.22. The fraction of sp³-hybridized carbons (Fsp3) is 0.321. The zero-order valence-electron chi connectivity index (χ0n) is 19.2. The smallest absolute Gasteiger partial charge is 0.252 e. The Hall–Kier alpha value is -3.07. The maximum Gasteiger partial charge on any atom is 0.252 e. The third kappa shape index (κ3) is 5.55. The number of methoxy groups -OCH3 is 1. The lowest BCUT2D eigenvalue weighted by molar-refractivity contribution is 0.0939. The molecule has 1 amide bonds. The first-order valence-corrected chi connectivity index (χ1v) is 11.0. The third-order valence-corrected chi connectivity index (χ3v) is 5.84. The SMILES string of the molecule is COc1cc(C)c([C@H](C)NC(=O)c2ccccc2CCc2ccccc2)cc1C(C)C. The maximum atomic E-state index is 13.2. The fourth-order valence-electron chi connectivity index (χ4n) is 4.05. The summed E-state index contributed by atoms with van der Waals surface area (Å²) in [6, 6.07) is 22.4. The molecular weight excluding hydrogens is 382 g/mol. The van der Waals surface area contributed by atoms with Gasteiger partial charge in [0.15, 0.2) is 0 Å². The van der Waals surface area contributed by atoms with Crippen molar-refractivity contribution >= 4 is 5.91 Å². The minimum atomic E-state index is -0.0990. The molecule has 0 heterocycles. The van der Waals surface area contributed by atoms with Gasteiger partial charge < -0.3 is 10.1 Å². The number of aryl methyl sites for hydroxylation is 3. The Morgan fingerprint density at radius 2 is 1.58 bits per heavy atom. The van der Waals surface area contributed by atoms with E-state index in [9.17, 15) is 4.79 Å². The van der Waals surface area contributed by atoms with Gasteiger partial charge in [-0.05, 0) is 78.6 Å². The van der Waals surface area contributed by atoms with Crippen LogP contribution in [0.1, 0.15) is 70.9 Å². The van der Waals surface area contributed by atoms with Crippen molar-refractivity contribution in [3.8, 4) is 5.75 Å². The van der Waals surface area contributed by atoms with E-state index in [0.29, 0.717) is 5.92 Å². The standard InChI is InChI=1S/C28H33NO2/c1-19(2)25-18-26(20(3)17-27(25)31-5)21(4)29-28(30)24-14-10-9-13-23(24)16-15-22-11-7-6-8-12-22/h6-14,17-19,21H,15-16H2,1-5H3,(H,29,30)/t21-/m0/s1. The molecule has 0 fully saturated rings. The number of hydrogen-bond acceptors (Lipinski definition) is 2. The molecule has 0 aromatic heterocycles. The average molecular weight is 416 g/mol. The molecule has 0 saturated carbocycles. The van der Waals surface area contributed by atoms with Crippen LogP contribution in [0, 0.1) is 6.92 Å². The van der Waals surface area contributed by atoms with E-state index in [0.717, 1.165) is 46.4 Å². The lowest BCUT2D eigenvalue weighted by Gasteiger charge is -2.21. The Labute approximate surface area is 186 Å². The van der Waals surface area contributed by atoms with Gasteiger partial charge in [-0.15, -0.1) is 0 Å². The maximum absolute atomic E-state index is 13.2. The van der Waals surface area contributed by atoms with Crippen molar-refractivity contribution < 1.29 is 9.53 Å². The Kier molecular flexibility index (Phi) is 7.51. The summed E-state index contributed by atoms with van der Waals surface area (Å²) in [5.41, 5.74) is 6.51. The molecule has 3 nitrogen and oxygen atoms in total. The second-order valence-corrected chi connectivity index (χ2v) is 8.44. The zero-order valence-corrected chi connectivity index (χ0v) is 19.2. The largest absolute Gasteiger partial charge is 0.496 e. The number of carbonyl (C=O) groups excluding carboxylic acids is 1. The third-order valence-electron chi connectivity index (χ3n) is 5.84. The van der Waals surface area contributed by atoms with Crippen molar-refractivity contribution in [1.82, 2.24) is 5.32 Å². The van der Waals surface area contributed by atoms with Crippen LogP contribution in [0.4, 0.5) is 0 Å². The van der Waals surface area contributed by atoms with Crippen LogP contribution in [-0.2, 0) is 12.8 Å². The Bertz CT molecular complexity index is 1020. The summed E-state index contributed by atoms with van der Waals surface area (Å²) in [6.45, 7) is 8.42. The van der Waals surface area contributed by atoms with E-state index in [1.807, 2.05) is 31.2 Å². The summed E-state index contributed by atoms with van der Waals surface area (Å²) in [6.07, 6.45) is 1.75. The summed E-state index contributed by atoms with van der Waals surface area (Å²) < 4.78 is 5.56. The van der Waals surface area contributed by atoms with Gasteiger partial charge >= 0.3 is 0 Å². The van der Waals surface area contributed by atoms with Crippen LogP contribution in [-0.4, -0.2) is 13.0 Å². The summed E-state index contributed by atoms with van der Waals surface area (Å²) >= 11 is 0. The monoisotopic (exact) mass is 415 g/mol. The number of benzene rings is 3. The number of carbonyl (C=O) groups is 1. The van der Waals surface area contributed by atoms with E-state index in [1.165, 1.54) is 5.56 Å². The van der Waals surface area contributed by atoms with Gasteiger partial charge in [0.1, 0.15) is 5.75 Å². The van der Waals surface area contributed by atoms with Crippen LogP contribution in [0.15, 0.2) is 66.7 Å². The number of hydrogen-bond donors (Lipinski definition) is 1. The predicted octanol–water partition coefficient (Wildman–Crippen LogP) is 6.40. The second kappa shape index (κ2) is 10.3. The molecule has 0 radical (unpaired) electrons. The van der Waals surface area contributed by atoms with E-state index < -0.39 is 0 Å². The first-order chi connectivity index (χ1) is 14.9. The zero-order chi connectivity index (χ0) is 22.4. The van der Waals surface area contributed by atoms with E-state index in [-0.39, 0.29) is 11.9 Å². The number of ether oxygens (including phenoxy) is 1. The van der Waals surface area contributed by atoms with Gasteiger partial charge in [0, 0.05) is 5.56 Å². The van der Waals surface area contributed by atoms with Crippen LogP contribution in [0.5, 0.6) is 5.75 Å². The minimum absolute atomic E-state index is 0.0301. The molecule has 162 valence electrons. The van der Waals surface area contributed by atoms with Crippen molar-refractivity contribution in [3.63, 3.8) is 0 Å². The fourth-order valence-corrected chi connectivity index (χ4v) is 4.05. The Balaban J connectivity index is 1.78. The number of nitrogens with one attached hydrogen (secondary N) is 1. The van der Waals surface area contributed by atoms with Crippen molar-refractivity contribution in [3.05, 3.63) is 100 Å². The first kappa shape index (κ1) is 22.6. The predicted molar refractivity (Wildman–Crippen MR) is 128 cm³/mol. The molecule has 0 bridgehead atoms. The molecule has 3 aromatic rings. The van der Waals surface area contributed by atoms with Crippen LogP contribution >= 0.6 is 0 Å². The van der Waals surface area contributed by atoms with Gasteiger partial charge in [-0.3, -0.25) is 4.79 Å². The molecular formula is C28H33NO2. The molecule has 0 aliphatic rings. The molecule has 0 spiro atoms. The van der Waals surface area contributed by atoms with Gasteiger partial charge in [0.25, 0.3) is 5.91 Å². The van der Waals surface area contributed by atoms with E-state index in [1.54, 1.807) is 7.11 Å². The second-order valence-electron chi connectivity index (χ2n) is 8.44. The quantitative estimate of drug-likeness (QED) is 0.462. The van der Waals surface area contributed by atoms with E-state index >= 15 is 0 Å². The molecule has 0 aliphatic carbocycles. The van der Waals surface area contributed by atoms with Gasteiger partial charge in [-0.1, -0.05) is 62.4 Å². The van der Waals surface area contributed by atoms with Crippen LogP contribution < -0.4 is 10.1 Å². The highest BCUT2D eigenvalue weighted by Crippen LogP contribution is 2.32. The van der Waals surface area contributed by atoms with Gasteiger partial charge in [-0.2, -0.15) is 0 Å². The van der Waals surface area contributed by atoms with E-state index in [4.69, 9.17) is 4.74 Å². The first-order valence-electron chi connectivity index (χ1n) is 11.0. The highest BCUT2D eigenvalue weighted by Gasteiger charge is 2.18.